The molecular weight excluding hydrogens is 119 g/mol. The summed E-state index contributed by atoms with van der Waals surface area (Å²) in [5, 5.41) is 0. The van der Waals surface area contributed by atoms with Gasteiger partial charge in [-0.05, 0) is 24.7 Å². The van der Waals surface area contributed by atoms with Gasteiger partial charge in [0.25, 0.3) is 0 Å². The Morgan fingerprint density at radius 2 is 2.00 bits per heavy atom. The lowest BCUT2D eigenvalue weighted by atomic mass is 9.68. The van der Waals surface area contributed by atoms with E-state index >= 15 is 0 Å². The van der Waals surface area contributed by atoms with Crippen LogP contribution in [0.2, 0.25) is 5.82 Å². The molecule has 1 heteroatoms. The number of hydrogen-bond acceptors (Lipinski definition) is 0. The molecule has 10 heavy (non-hydrogen) atoms. The first-order valence-electron chi connectivity index (χ1n) is 4.12. The Morgan fingerprint density at radius 1 is 1.40 bits per heavy atom. The van der Waals surface area contributed by atoms with Crippen molar-refractivity contribution in [3.05, 3.63) is 12.2 Å². The summed E-state index contributed by atoms with van der Waals surface area (Å²) in [4.78, 5) is 0. The van der Waals surface area contributed by atoms with Gasteiger partial charge in [-0.1, -0.05) is 31.8 Å². The molecule has 0 aromatic rings. The highest BCUT2D eigenvalue weighted by Gasteiger charge is 2.20. The van der Waals surface area contributed by atoms with Gasteiger partial charge in [0.1, 0.15) is 0 Å². The molecule has 2 radical (unpaired) electrons. The Kier molecular flexibility index (Phi) is 2.59. The Morgan fingerprint density at radius 3 is 2.40 bits per heavy atom. The zero-order valence-corrected chi connectivity index (χ0v) is 6.88. The van der Waals surface area contributed by atoms with Crippen LogP contribution in [0.5, 0.6) is 0 Å². The van der Waals surface area contributed by atoms with Gasteiger partial charge in [0.05, 0.1) is 7.85 Å². The lowest BCUT2D eigenvalue weighted by Crippen LogP contribution is -2.17. The van der Waals surface area contributed by atoms with Crippen molar-refractivity contribution in [3.63, 3.8) is 0 Å². The topological polar surface area (TPSA) is 0 Å². The zero-order chi connectivity index (χ0) is 7.56. The molecule has 0 nitrogen and oxygen atoms in total. The Hall–Kier alpha value is -0.195. The molecule has 3 atom stereocenters. The van der Waals surface area contributed by atoms with Crippen LogP contribution in [-0.4, -0.2) is 7.85 Å². The number of allylic oxidation sites excluding steroid dienone is 2. The van der Waals surface area contributed by atoms with Crippen LogP contribution in [0.4, 0.5) is 0 Å². The predicted molar refractivity (Wildman–Crippen MR) is 46.2 cm³/mol. The summed E-state index contributed by atoms with van der Waals surface area (Å²) in [6, 6.07) is 0. The highest BCUT2D eigenvalue weighted by molar-refractivity contribution is 6.11. The van der Waals surface area contributed by atoms with Crippen molar-refractivity contribution in [1.29, 1.82) is 0 Å². The van der Waals surface area contributed by atoms with Gasteiger partial charge in [0.15, 0.2) is 0 Å². The average molecular weight is 134 g/mol. The Labute approximate surface area is 65.1 Å². The first-order chi connectivity index (χ1) is 4.72. The third-order valence-corrected chi connectivity index (χ3v) is 2.49. The maximum absolute atomic E-state index is 5.82. The molecule has 0 spiro atoms. The van der Waals surface area contributed by atoms with E-state index in [1.807, 2.05) is 0 Å². The summed E-state index contributed by atoms with van der Waals surface area (Å²) < 4.78 is 0. The average Bonchev–Trinajstić information content (AvgIpc) is 1.88. The van der Waals surface area contributed by atoms with E-state index in [1.165, 1.54) is 12.8 Å². The number of hydrogen-bond donors (Lipinski definition) is 0. The van der Waals surface area contributed by atoms with Crippen LogP contribution < -0.4 is 0 Å². The molecule has 0 N–H and O–H groups in total. The van der Waals surface area contributed by atoms with E-state index in [9.17, 15) is 0 Å². The van der Waals surface area contributed by atoms with Crippen molar-refractivity contribution in [2.45, 2.75) is 32.5 Å². The first kappa shape index (κ1) is 7.91. The molecule has 0 saturated carbocycles. The fourth-order valence-corrected chi connectivity index (χ4v) is 1.70. The third kappa shape index (κ3) is 1.65. The van der Waals surface area contributed by atoms with E-state index in [-0.39, 0.29) is 0 Å². The normalized spacial score (nSPS) is 35.8. The molecule has 1 rings (SSSR count). The van der Waals surface area contributed by atoms with Crippen LogP contribution in [0.3, 0.4) is 0 Å². The molecule has 0 amide bonds. The van der Waals surface area contributed by atoms with E-state index in [0.29, 0.717) is 11.7 Å². The van der Waals surface area contributed by atoms with Crippen LogP contribution >= 0.6 is 0 Å². The van der Waals surface area contributed by atoms with Gasteiger partial charge in [-0.25, -0.2) is 0 Å². The van der Waals surface area contributed by atoms with Crippen LogP contribution in [-0.2, 0) is 0 Å². The van der Waals surface area contributed by atoms with E-state index in [0.717, 1.165) is 5.92 Å². The smallest absolute Gasteiger partial charge is 0.0699 e. The summed E-state index contributed by atoms with van der Waals surface area (Å²) in [6.07, 6.45) is 6.92. The second-order valence-corrected chi connectivity index (χ2v) is 3.44. The van der Waals surface area contributed by atoms with Crippen molar-refractivity contribution in [1.82, 2.24) is 0 Å². The molecule has 54 valence electrons. The van der Waals surface area contributed by atoms with E-state index in [1.54, 1.807) is 0 Å². The van der Waals surface area contributed by atoms with Gasteiger partial charge in [0, 0.05) is 0 Å². The van der Waals surface area contributed by atoms with Gasteiger partial charge < -0.3 is 0 Å². The fourth-order valence-electron chi connectivity index (χ4n) is 1.70. The molecule has 3 unspecified atom stereocenters. The second kappa shape index (κ2) is 3.27. The molecule has 0 aromatic heterocycles. The zero-order valence-electron chi connectivity index (χ0n) is 6.88. The Balaban J connectivity index is 2.51. The second-order valence-electron chi connectivity index (χ2n) is 3.44. The van der Waals surface area contributed by atoms with Crippen molar-refractivity contribution in [3.8, 4) is 0 Å². The fraction of sp³-hybridized carbons (Fsp3) is 0.778. The van der Waals surface area contributed by atoms with Crippen molar-refractivity contribution in [2.75, 3.05) is 0 Å². The van der Waals surface area contributed by atoms with Crippen molar-refractivity contribution in [2.24, 2.45) is 11.8 Å². The highest BCUT2D eigenvalue weighted by Crippen LogP contribution is 2.32. The monoisotopic (exact) mass is 134 g/mol. The summed E-state index contributed by atoms with van der Waals surface area (Å²) >= 11 is 0. The minimum Gasteiger partial charge on any atom is -0.0883 e. The van der Waals surface area contributed by atoms with Gasteiger partial charge in [-0.2, -0.15) is 0 Å². The molecule has 0 bridgehead atoms. The van der Waals surface area contributed by atoms with E-state index < -0.39 is 0 Å². The van der Waals surface area contributed by atoms with E-state index in [4.69, 9.17) is 7.85 Å². The minimum absolute atomic E-state index is 0.361. The lowest BCUT2D eigenvalue weighted by Gasteiger charge is -2.28. The van der Waals surface area contributed by atoms with Crippen LogP contribution in [0.15, 0.2) is 12.2 Å². The summed E-state index contributed by atoms with van der Waals surface area (Å²) in [5.74, 6) is 1.86. The summed E-state index contributed by atoms with van der Waals surface area (Å²) in [5.41, 5.74) is 0. The van der Waals surface area contributed by atoms with Crippen molar-refractivity contribution < 1.29 is 0 Å². The van der Waals surface area contributed by atoms with Crippen LogP contribution in [0, 0.1) is 11.8 Å². The van der Waals surface area contributed by atoms with E-state index in [2.05, 4.69) is 26.0 Å². The SMILES string of the molecule is [B]C(C)C1CC=CCC1C. The summed E-state index contributed by atoms with van der Waals surface area (Å²) in [7, 11) is 5.82. The Bertz CT molecular complexity index is 127. The highest BCUT2D eigenvalue weighted by atomic mass is 14.2. The maximum Gasteiger partial charge on any atom is 0.0699 e. The quantitative estimate of drug-likeness (QED) is 0.382. The molecule has 1 aliphatic carbocycles. The summed E-state index contributed by atoms with van der Waals surface area (Å²) in [6.45, 7) is 4.40. The molecule has 0 aromatic carbocycles. The third-order valence-electron chi connectivity index (χ3n) is 2.49. The number of rotatable bonds is 1. The maximum atomic E-state index is 5.82. The molecule has 0 fully saturated rings. The van der Waals surface area contributed by atoms with Crippen molar-refractivity contribution >= 4 is 7.85 Å². The standard InChI is InChI=1S/C9H15B/c1-7-5-3-4-6-9(7)8(2)10/h3-4,7-9H,5-6H2,1-2H3. The van der Waals surface area contributed by atoms with Crippen LogP contribution in [0.25, 0.3) is 0 Å². The first-order valence-corrected chi connectivity index (χ1v) is 4.12. The predicted octanol–water partition coefficient (Wildman–Crippen LogP) is 2.57. The van der Waals surface area contributed by atoms with Gasteiger partial charge >= 0.3 is 0 Å². The van der Waals surface area contributed by atoms with Gasteiger partial charge in [-0.3, -0.25) is 0 Å². The molecule has 0 saturated heterocycles. The largest absolute Gasteiger partial charge is 0.0883 e. The van der Waals surface area contributed by atoms with Gasteiger partial charge in [-0.15, -0.1) is 0 Å². The van der Waals surface area contributed by atoms with Gasteiger partial charge in [0.2, 0.25) is 0 Å². The molecule has 0 heterocycles. The minimum atomic E-state index is 0.361. The molecular formula is C9H15B. The molecule has 0 aliphatic heterocycles. The van der Waals surface area contributed by atoms with Crippen LogP contribution in [0.1, 0.15) is 26.7 Å². The molecule has 1 aliphatic rings. The lowest BCUT2D eigenvalue weighted by molar-refractivity contribution is 0.340.